The number of hydrogen-bond acceptors (Lipinski definition) is 5. The number of thiazole rings is 1. The van der Waals surface area contributed by atoms with Gasteiger partial charge < -0.3 is 9.47 Å². The van der Waals surface area contributed by atoms with Gasteiger partial charge in [-0.1, -0.05) is 22.9 Å². The number of halogens is 2. The minimum Gasteiger partial charge on any atom is -0.494 e. The minimum absolute atomic E-state index is 0.126. The quantitative estimate of drug-likeness (QED) is 0.500. The first-order chi connectivity index (χ1) is 12.9. The second-order valence-corrected chi connectivity index (χ2v) is 8.06. The van der Waals surface area contributed by atoms with Crippen LogP contribution in [0, 0.1) is 13.8 Å². The summed E-state index contributed by atoms with van der Waals surface area (Å²) in [5.74, 6) is 1.08. The largest absolute Gasteiger partial charge is 0.494 e. The summed E-state index contributed by atoms with van der Waals surface area (Å²) in [5, 5.41) is 3.98. The Balaban J connectivity index is 1.67. The maximum atomic E-state index is 12.2. The van der Waals surface area contributed by atoms with Crippen molar-refractivity contribution in [3.8, 4) is 11.5 Å². The number of carbonyl (C=O) groups excluding carboxylic acids is 1. The molecule has 5 nitrogen and oxygen atoms in total. The third-order valence-electron chi connectivity index (χ3n) is 3.84. The smallest absolute Gasteiger partial charge is 0.264 e. The highest BCUT2D eigenvalue weighted by molar-refractivity contribution is 9.10. The number of amides is 1. The first-order valence-corrected chi connectivity index (χ1v) is 10.3. The number of nitrogens with one attached hydrogen (secondary N) is 1. The third-order valence-corrected chi connectivity index (χ3v) is 6.35. The predicted molar refractivity (Wildman–Crippen MR) is 114 cm³/mol. The average molecular weight is 470 g/mol. The Hall–Kier alpha value is -1.83. The molecule has 0 aliphatic carbocycles. The first kappa shape index (κ1) is 19.9. The molecule has 27 heavy (non-hydrogen) atoms. The average Bonchev–Trinajstić information content (AvgIpc) is 3.03. The van der Waals surface area contributed by atoms with Crippen molar-refractivity contribution >= 4 is 60.1 Å². The summed E-state index contributed by atoms with van der Waals surface area (Å²) in [6, 6.07) is 7.46. The van der Waals surface area contributed by atoms with Crippen LogP contribution in [0.5, 0.6) is 11.5 Å². The maximum Gasteiger partial charge on any atom is 0.264 e. The van der Waals surface area contributed by atoms with E-state index >= 15 is 0 Å². The molecule has 0 atom stereocenters. The van der Waals surface area contributed by atoms with E-state index in [0.29, 0.717) is 22.5 Å². The van der Waals surface area contributed by atoms with Crippen LogP contribution in [0.1, 0.15) is 18.1 Å². The van der Waals surface area contributed by atoms with Crippen LogP contribution in [0.2, 0.25) is 5.02 Å². The molecule has 142 valence electrons. The van der Waals surface area contributed by atoms with Gasteiger partial charge in [-0.05, 0) is 72.1 Å². The van der Waals surface area contributed by atoms with E-state index in [2.05, 4.69) is 26.2 Å². The Kier molecular flexibility index (Phi) is 6.24. The van der Waals surface area contributed by atoms with Gasteiger partial charge in [0.1, 0.15) is 11.5 Å². The fourth-order valence-corrected chi connectivity index (χ4v) is 4.12. The summed E-state index contributed by atoms with van der Waals surface area (Å²) >= 11 is 11.1. The van der Waals surface area contributed by atoms with Crippen LogP contribution in [-0.2, 0) is 4.79 Å². The fraction of sp³-hybridized carbons (Fsp3) is 0.263. The zero-order valence-electron chi connectivity index (χ0n) is 15.1. The Morgan fingerprint density at radius 3 is 2.81 bits per heavy atom. The second-order valence-electron chi connectivity index (χ2n) is 5.86. The molecular weight excluding hydrogens is 452 g/mol. The van der Waals surface area contributed by atoms with Crippen molar-refractivity contribution in [1.82, 2.24) is 4.98 Å². The lowest BCUT2D eigenvalue weighted by molar-refractivity contribution is -0.118. The normalized spacial score (nSPS) is 10.9. The number of ether oxygens (including phenoxy) is 2. The molecular formula is C19H18BrClN2O3S. The second kappa shape index (κ2) is 8.46. The molecule has 0 spiro atoms. The molecule has 1 amide bonds. The molecule has 0 unspecified atom stereocenters. The highest BCUT2D eigenvalue weighted by atomic mass is 79.9. The molecule has 0 saturated heterocycles. The number of hydrogen-bond donors (Lipinski definition) is 1. The zero-order valence-corrected chi connectivity index (χ0v) is 18.2. The van der Waals surface area contributed by atoms with Crippen LogP contribution in [0.25, 0.3) is 10.2 Å². The molecule has 0 aliphatic heterocycles. The lowest BCUT2D eigenvalue weighted by atomic mass is 10.1. The number of fused-ring (bicyclic) bond motifs is 1. The molecule has 0 aliphatic rings. The summed E-state index contributed by atoms with van der Waals surface area (Å²) in [4.78, 5) is 16.7. The van der Waals surface area contributed by atoms with Crippen molar-refractivity contribution in [3.05, 3.63) is 44.9 Å². The maximum absolute atomic E-state index is 12.2. The van der Waals surface area contributed by atoms with Gasteiger partial charge in [-0.15, -0.1) is 0 Å². The Morgan fingerprint density at radius 1 is 1.30 bits per heavy atom. The lowest BCUT2D eigenvalue weighted by Crippen LogP contribution is -2.20. The summed E-state index contributed by atoms with van der Waals surface area (Å²) in [7, 11) is 0. The first-order valence-electron chi connectivity index (χ1n) is 8.30. The molecule has 1 heterocycles. The van der Waals surface area contributed by atoms with E-state index in [4.69, 9.17) is 21.1 Å². The molecule has 0 radical (unpaired) electrons. The molecule has 3 aromatic rings. The van der Waals surface area contributed by atoms with E-state index < -0.39 is 0 Å². The van der Waals surface area contributed by atoms with Crippen molar-refractivity contribution in [3.63, 3.8) is 0 Å². The van der Waals surface area contributed by atoms with E-state index in [-0.39, 0.29) is 12.5 Å². The molecule has 1 aromatic heterocycles. The Bertz CT molecular complexity index is 1010. The van der Waals surface area contributed by atoms with E-state index in [0.717, 1.165) is 31.6 Å². The van der Waals surface area contributed by atoms with E-state index in [1.165, 1.54) is 11.3 Å². The molecule has 0 bridgehead atoms. The van der Waals surface area contributed by atoms with Crippen LogP contribution in [-0.4, -0.2) is 24.1 Å². The van der Waals surface area contributed by atoms with Gasteiger partial charge >= 0.3 is 0 Å². The van der Waals surface area contributed by atoms with Gasteiger partial charge in [0, 0.05) is 5.02 Å². The van der Waals surface area contributed by atoms with Crippen molar-refractivity contribution < 1.29 is 14.3 Å². The van der Waals surface area contributed by atoms with Crippen LogP contribution < -0.4 is 14.8 Å². The van der Waals surface area contributed by atoms with Crippen LogP contribution in [0.15, 0.2) is 28.7 Å². The molecule has 3 rings (SSSR count). The Morgan fingerprint density at radius 2 is 2.07 bits per heavy atom. The highest BCUT2D eigenvalue weighted by Gasteiger charge is 2.14. The van der Waals surface area contributed by atoms with Gasteiger partial charge in [-0.25, -0.2) is 4.98 Å². The van der Waals surface area contributed by atoms with E-state index in [9.17, 15) is 4.79 Å². The molecule has 2 aromatic carbocycles. The van der Waals surface area contributed by atoms with Gasteiger partial charge in [0.2, 0.25) is 0 Å². The van der Waals surface area contributed by atoms with Gasteiger partial charge in [0.05, 0.1) is 21.3 Å². The van der Waals surface area contributed by atoms with Gasteiger partial charge in [0.15, 0.2) is 11.7 Å². The number of rotatable bonds is 6. The van der Waals surface area contributed by atoms with Crippen LogP contribution >= 0.6 is 38.9 Å². The van der Waals surface area contributed by atoms with E-state index in [1.807, 2.05) is 39.0 Å². The number of nitrogens with zero attached hydrogens (tertiary/aromatic N) is 1. The van der Waals surface area contributed by atoms with Crippen LogP contribution in [0.3, 0.4) is 0 Å². The standard InChI is InChI=1S/C19H18BrClN2O3S/c1-4-25-12-5-6-13-15(8-12)27-19(22-13)23-16(24)9-26-14-7-10(2)18(21)11(3)17(14)20/h5-8H,4,9H2,1-3H3,(H,22,23,24). The van der Waals surface area contributed by atoms with Crippen molar-refractivity contribution in [1.29, 1.82) is 0 Å². The number of anilines is 1. The highest BCUT2D eigenvalue weighted by Crippen LogP contribution is 2.35. The number of benzene rings is 2. The van der Waals surface area contributed by atoms with Crippen molar-refractivity contribution in [2.75, 3.05) is 18.5 Å². The number of aromatic nitrogens is 1. The summed E-state index contributed by atoms with van der Waals surface area (Å²) < 4.78 is 12.8. The molecule has 0 fully saturated rings. The summed E-state index contributed by atoms with van der Waals surface area (Å²) in [6.45, 7) is 6.20. The molecule has 1 N–H and O–H groups in total. The minimum atomic E-state index is -0.281. The number of carbonyl (C=O) groups is 1. The SMILES string of the molecule is CCOc1ccc2nc(NC(=O)COc3cc(C)c(Cl)c(C)c3Br)sc2c1. The summed E-state index contributed by atoms with van der Waals surface area (Å²) in [5.41, 5.74) is 2.58. The fourth-order valence-electron chi connectivity index (χ4n) is 2.52. The van der Waals surface area contributed by atoms with Crippen molar-refractivity contribution in [2.45, 2.75) is 20.8 Å². The number of aryl methyl sites for hydroxylation is 1. The molecule has 0 saturated carbocycles. The third kappa shape index (κ3) is 4.54. The zero-order chi connectivity index (χ0) is 19.6. The van der Waals surface area contributed by atoms with Gasteiger partial charge in [0.25, 0.3) is 5.91 Å². The lowest BCUT2D eigenvalue weighted by Gasteiger charge is -2.12. The van der Waals surface area contributed by atoms with Gasteiger partial charge in [-0.2, -0.15) is 0 Å². The Labute approximate surface area is 174 Å². The molecule has 8 heteroatoms. The van der Waals surface area contributed by atoms with Crippen LogP contribution in [0.4, 0.5) is 5.13 Å². The summed E-state index contributed by atoms with van der Waals surface area (Å²) in [6.07, 6.45) is 0. The predicted octanol–water partition coefficient (Wildman–Crippen LogP) is 5.75. The van der Waals surface area contributed by atoms with Crippen molar-refractivity contribution in [2.24, 2.45) is 0 Å². The monoisotopic (exact) mass is 468 g/mol. The van der Waals surface area contributed by atoms with E-state index in [1.54, 1.807) is 6.07 Å². The topological polar surface area (TPSA) is 60.5 Å². The van der Waals surface area contributed by atoms with Gasteiger partial charge in [-0.3, -0.25) is 10.1 Å².